The largest absolute Gasteiger partial charge is 0.480 e. The Balaban J connectivity index is 1.29. The number of H-pyrrole nitrogens is 1. The zero-order chi connectivity index (χ0) is 23.9. The number of aromatic amines is 1. The summed E-state index contributed by atoms with van der Waals surface area (Å²) in [7, 11) is 0. The number of nitrogens with one attached hydrogen (secondary N) is 1. The Morgan fingerprint density at radius 2 is 1.74 bits per heavy atom. The number of para-hydroxylation sites is 3. The Bertz CT molecular complexity index is 1460. The van der Waals surface area contributed by atoms with E-state index < -0.39 is 12.0 Å². The van der Waals surface area contributed by atoms with Gasteiger partial charge in [0.05, 0.1) is 5.56 Å². The van der Waals surface area contributed by atoms with Crippen LogP contribution in [0, 0.1) is 0 Å². The van der Waals surface area contributed by atoms with Crippen molar-refractivity contribution in [3.05, 3.63) is 88.5 Å². The third kappa shape index (κ3) is 3.98. The number of carboxylic acid groups (broad SMARTS) is 1. The van der Waals surface area contributed by atoms with Gasteiger partial charge in [0.2, 0.25) is 0 Å². The molecule has 0 bridgehead atoms. The lowest BCUT2D eigenvalue weighted by atomic mass is 10.0. The number of rotatable bonds is 3. The van der Waals surface area contributed by atoms with Gasteiger partial charge in [0.15, 0.2) is 5.75 Å². The molecule has 0 amide bonds. The van der Waals surface area contributed by atoms with Crippen molar-refractivity contribution in [2.45, 2.75) is 6.04 Å². The summed E-state index contributed by atoms with van der Waals surface area (Å²) in [5.41, 5.74) is 3.43. The molecule has 1 atom stereocenters. The first kappa shape index (κ1) is 21.9. The molecular weight excluding hydrogens is 508 g/mol. The van der Waals surface area contributed by atoms with E-state index >= 15 is 0 Å². The molecule has 1 aromatic heterocycles. The van der Waals surface area contributed by atoms with E-state index in [0.717, 1.165) is 49.5 Å². The predicted molar refractivity (Wildman–Crippen MR) is 139 cm³/mol. The van der Waals surface area contributed by atoms with Crippen molar-refractivity contribution >= 4 is 44.3 Å². The Kier molecular flexibility index (Phi) is 5.54. The molecule has 0 radical (unpaired) electrons. The third-order valence-corrected chi connectivity index (χ3v) is 7.12. The van der Waals surface area contributed by atoms with E-state index in [2.05, 4.69) is 25.8 Å². The monoisotopic (exact) mass is 530 g/mol. The van der Waals surface area contributed by atoms with E-state index in [1.54, 1.807) is 0 Å². The van der Waals surface area contributed by atoms with E-state index in [0.29, 0.717) is 26.2 Å². The van der Waals surface area contributed by atoms with Gasteiger partial charge in [0, 0.05) is 53.3 Å². The van der Waals surface area contributed by atoms with Crippen molar-refractivity contribution < 1.29 is 14.6 Å². The molecule has 35 heavy (non-hydrogen) atoms. The average Bonchev–Trinajstić information content (AvgIpc) is 3.18. The Labute approximate surface area is 210 Å². The van der Waals surface area contributed by atoms with Crippen LogP contribution in [0.3, 0.4) is 0 Å². The molecule has 8 heteroatoms. The molecule has 176 valence electrons. The standard InChI is InChI=1S/C27H23BrN4O3/c28-17-9-10-18-20(16-29-22(18)15-17)25(27(33)34)31-11-13-32(14-12-31)26-19-5-1-3-7-23(19)35-24-8-4-2-6-21(24)30-26/h1-10,15-16,25,29H,11-14H2,(H,33,34)/t25-/m1/s1. The summed E-state index contributed by atoms with van der Waals surface area (Å²) in [5.74, 6) is 1.51. The van der Waals surface area contributed by atoms with Crippen molar-refractivity contribution in [2.24, 2.45) is 4.99 Å². The van der Waals surface area contributed by atoms with Crippen LogP contribution in [-0.4, -0.2) is 57.9 Å². The molecule has 7 nitrogen and oxygen atoms in total. The summed E-state index contributed by atoms with van der Waals surface area (Å²) in [6.07, 6.45) is 1.82. The van der Waals surface area contributed by atoms with Gasteiger partial charge in [0.25, 0.3) is 0 Å². The number of aromatic nitrogens is 1. The van der Waals surface area contributed by atoms with E-state index in [1.807, 2.05) is 77.8 Å². The molecule has 2 aliphatic rings. The van der Waals surface area contributed by atoms with Crippen LogP contribution in [0.15, 0.2) is 82.4 Å². The molecule has 1 fully saturated rings. The minimum Gasteiger partial charge on any atom is -0.480 e. The fourth-order valence-corrected chi connectivity index (χ4v) is 5.30. The Morgan fingerprint density at radius 1 is 1.00 bits per heavy atom. The average molecular weight is 531 g/mol. The second kappa shape index (κ2) is 8.87. The fourth-order valence-electron chi connectivity index (χ4n) is 4.93. The molecular formula is C27H23BrN4O3. The number of ether oxygens (including phenoxy) is 1. The van der Waals surface area contributed by atoms with E-state index in [4.69, 9.17) is 9.73 Å². The molecule has 0 saturated carbocycles. The normalized spacial score (nSPS) is 16.6. The highest BCUT2D eigenvalue weighted by Gasteiger charge is 2.34. The van der Waals surface area contributed by atoms with E-state index in [1.165, 1.54) is 0 Å². The van der Waals surface area contributed by atoms with E-state index in [9.17, 15) is 9.90 Å². The minimum absolute atomic E-state index is 0.601. The van der Waals surface area contributed by atoms with Crippen molar-refractivity contribution in [3.63, 3.8) is 0 Å². The van der Waals surface area contributed by atoms with Gasteiger partial charge >= 0.3 is 5.97 Å². The molecule has 0 aliphatic carbocycles. The zero-order valence-electron chi connectivity index (χ0n) is 18.8. The number of hydrogen-bond acceptors (Lipinski definition) is 5. The molecule has 0 spiro atoms. The molecule has 6 rings (SSSR count). The van der Waals surface area contributed by atoms with Crippen LogP contribution in [0.2, 0.25) is 0 Å². The summed E-state index contributed by atoms with van der Waals surface area (Å²) in [5, 5.41) is 11.1. The highest BCUT2D eigenvalue weighted by molar-refractivity contribution is 9.10. The summed E-state index contributed by atoms with van der Waals surface area (Å²) >= 11 is 3.48. The molecule has 1 saturated heterocycles. The highest BCUT2D eigenvalue weighted by atomic mass is 79.9. The maximum atomic E-state index is 12.4. The first-order valence-electron chi connectivity index (χ1n) is 11.5. The van der Waals surface area contributed by atoms with Crippen LogP contribution >= 0.6 is 15.9 Å². The highest BCUT2D eigenvalue weighted by Crippen LogP contribution is 2.38. The van der Waals surface area contributed by atoms with Gasteiger partial charge in [0.1, 0.15) is 23.3 Å². The van der Waals surface area contributed by atoms with Crippen molar-refractivity contribution in [3.8, 4) is 11.5 Å². The number of halogens is 1. The first-order valence-corrected chi connectivity index (χ1v) is 12.3. The summed E-state index contributed by atoms with van der Waals surface area (Å²) in [6.45, 7) is 2.52. The molecule has 0 unspecified atom stereocenters. The van der Waals surface area contributed by atoms with Crippen molar-refractivity contribution in [1.29, 1.82) is 0 Å². The lowest BCUT2D eigenvalue weighted by molar-refractivity contribution is -0.144. The van der Waals surface area contributed by atoms with Gasteiger partial charge in [-0.25, -0.2) is 4.99 Å². The molecule has 4 aromatic rings. The topological polar surface area (TPSA) is 81.2 Å². The lowest BCUT2D eigenvalue weighted by Gasteiger charge is -2.39. The lowest BCUT2D eigenvalue weighted by Crippen LogP contribution is -2.51. The maximum Gasteiger partial charge on any atom is 0.325 e. The summed E-state index contributed by atoms with van der Waals surface area (Å²) in [4.78, 5) is 24.9. The minimum atomic E-state index is -0.846. The first-order chi connectivity index (χ1) is 17.1. The van der Waals surface area contributed by atoms with Gasteiger partial charge in [-0.05, 0) is 36.4 Å². The smallest absolute Gasteiger partial charge is 0.325 e. The number of aliphatic imine (C=N–C) groups is 1. The van der Waals surface area contributed by atoms with Crippen LogP contribution in [0.1, 0.15) is 17.2 Å². The second-order valence-electron chi connectivity index (χ2n) is 8.70. The molecule has 3 aromatic carbocycles. The van der Waals surface area contributed by atoms with Crippen molar-refractivity contribution in [2.75, 3.05) is 26.2 Å². The van der Waals surface area contributed by atoms with E-state index in [-0.39, 0.29) is 0 Å². The Morgan fingerprint density at radius 3 is 2.54 bits per heavy atom. The van der Waals surface area contributed by atoms with Gasteiger partial charge in [-0.1, -0.05) is 46.3 Å². The van der Waals surface area contributed by atoms with Gasteiger partial charge in [-0.2, -0.15) is 0 Å². The van der Waals surface area contributed by atoms with Gasteiger partial charge in [-0.15, -0.1) is 0 Å². The third-order valence-electron chi connectivity index (χ3n) is 6.62. The SMILES string of the molecule is O=C(O)[C@@H](c1c[nH]c2cc(Br)ccc12)N1CCN(C2=Nc3ccccc3Oc3ccccc32)CC1. The van der Waals surface area contributed by atoms with Crippen LogP contribution in [0.25, 0.3) is 10.9 Å². The number of hydrogen-bond donors (Lipinski definition) is 2. The predicted octanol–water partition coefficient (Wildman–Crippen LogP) is 5.56. The van der Waals surface area contributed by atoms with Crippen LogP contribution in [0.4, 0.5) is 5.69 Å². The number of aliphatic carboxylic acids is 1. The number of fused-ring (bicyclic) bond motifs is 3. The summed E-state index contributed by atoms with van der Waals surface area (Å²) in [6, 6.07) is 20.8. The van der Waals surface area contributed by atoms with Gasteiger partial charge in [-0.3, -0.25) is 9.69 Å². The quantitative estimate of drug-likeness (QED) is 0.362. The number of nitrogens with zero attached hydrogens (tertiary/aromatic N) is 3. The fraction of sp³-hybridized carbons (Fsp3) is 0.185. The number of benzene rings is 3. The molecule has 2 aliphatic heterocycles. The van der Waals surface area contributed by atoms with Crippen molar-refractivity contribution in [1.82, 2.24) is 14.8 Å². The number of piperazine rings is 1. The number of amidine groups is 1. The Hall–Kier alpha value is -3.62. The summed E-state index contributed by atoms with van der Waals surface area (Å²) < 4.78 is 7.13. The van der Waals surface area contributed by atoms with Crippen LogP contribution < -0.4 is 4.74 Å². The van der Waals surface area contributed by atoms with Crippen LogP contribution in [-0.2, 0) is 4.79 Å². The second-order valence-corrected chi connectivity index (χ2v) is 9.61. The maximum absolute atomic E-state index is 12.4. The number of carboxylic acids is 1. The zero-order valence-corrected chi connectivity index (χ0v) is 20.4. The van der Waals surface area contributed by atoms with Gasteiger partial charge < -0.3 is 19.7 Å². The number of carbonyl (C=O) groups is 1. The molecule has 2 N–H and O–H groups in total. The van der Waals surface area contributed by atoms with Crippen LogP contribution in [0.5, 0.6) is 11.5 Å². The molecule has 3 heterocycles.